The summed E-state index contributed by atoms with van der Waals surface area (Å²) in [6.45, 7) is 5.16. The van der Waals surface area contributed by atoms with Gasteiger partial charge in [-0.1, -0.05) is 0 Å². The highest BCUT2D eigenvalue weighted by molar-refractivity contribution is 5.31. The van der Waals surface area contributed by atoms with E-state index in [-0.39, 0.29) is 5.88 Å². The second-order valence-corrected chi connectivity index (χ2v) is 6.78. The summed E-state index contributed by atoms with van der Waals surface area (Å²) >= 11 is 0. The van der Waals surface area contributed by atoms with Gasteiger partial charge in [0.25, 0.3) is 0 Å². The van der Waals surface area contributed by atoms with Crippen LogP contribution in [0.1, 0.15) is 24.1 Å². The van der Waals surface area contributed by atoms with Crippen molar-refractivity contribution in [3.63, 3.8) is 0 Å². The van der Waals surface area contributed by atoms with Crippen LogP contribution in [-0.4, -0.2) is 53.6 Å². The molecule has 1 spiro atoms. The molecule has 3 rings (SSSR count). The van der Waals surface area contributed by atoms with Crippen molar-refractivity contribution in [2.45, 2.75) is 32.5 Å². The standard InChI is InChI=1S/C15H23F3N4O/c1-11-12(13(21(2)20-11)23-10-15(16,17)18)7-22-6-4-14(9-22)3-5-19-8-14/h19H,3-10H2,1-2H3. The van der Waals surface area contributed by atoms with Crippen LogP contribution in [-0.2, 0) is 13.6 Å². The third-order valence-electron chi connectivity index (χ3n) is 4.89. The van der Waals surface area contributed by atoms with Gasteiger partial charge in [-0.05, 0) is 38.3 Å². The Balaban J connectivity index is 1.70. The predicted molar refractivity (Wildman–Crippen MR) is 79.3 cm³/mol. The summed E-state index contributed by atoms with van der Waals surface area (Å²) in [6.07, 6.45) is -2.03. The zero-order valence-corrected chi connectivity index (χ0v) is 13.5. The molecule has 1 aromatic heterocycles. The smallest absolute Gasteiger partial charge is 0.422 e. The van der Waals surface area contributed by atoms with Gasteiger partial charge in [0.15, 0.2) is 6.61 Å². The van der Waals surface area contributed by atoms with Crippen molar-refractivity contribution in [3.8, 4) is 5.88 Å². The fourth-order valence-electron chi connectivity index (χ4n) is 3.72. The molecule has 2 aliphatic rings. The van der Waals surface area contributed by atoms with Gasteiger partial charge in [-0.25, -0.2) is 4.68 Å². The Morgan fingerprint density at radius 1 is 1.35 bits per heavy atom. The number of aryl methyl sites for hydroxylation is 2. The van der Waals surface area contributed by atoms with Gasteiger partial charge in [-0.3, -0.25) is 4.90 Å². The van der Waals surface area contributed by atoms with E-state index in [4.69, 9.17) is 4.74 Å². The molecule has 0 amide bonds. The van der Waals surface area contributed by atoms with Crippen molar-refractivity contribution in [2.75, 3.05) is 32.8 Å². The van der Waals surface area contributed by atoms with Gasteiger partial charge in [0.2, 0.25) is 5.88 Å². The molecule has 1 unspecified atom stereocenters. The van der Waals surface area contributed by atoms with Crippen LogP contribution in [0.4, 0.5) is 13.2 Å². The number of likely N-dealkylation sites (tertiary alicyclic amines) is 1. The van der Waals surface area contributed by atoms with Crippen molar-refractivity contribution in [3.05, 3.63) is 11.3 Å². The Morgan fingerprint density at radius 2 is 2.13 bits per heavy atom. The maximum atomic E-state index is 12.4. The Morgan fingerprint density at radius 3 is 2.78 bits per heavy atom. The van der Waals surface area contributed by atoms with Gasteiger partial charge in [0, 0.05) is 26.7 Å². The monoisotopic (exact) mass is 332 g/mol. The lowest BCUT2D eigenvalue weighted by atomic mass is 9.86. The summed E-state index contributed by atoms with van der Waals surface area (Å²) in [5, 5.41) is 7.64. The predicted octanol–water partition coefficient (Wildman–Crippen LogP) is 1.86. The maximum Gasteiger partial charge on any atom is 0.422 e. The highest BCUT2D eigenvalue weighted by Crippen LogP contribution is 2.37. The molecule has 3 heterocycles. The van der Waals surface area contributed by atoms with E-state index in [0.29, 0.717) is 12.0 Å². The lowest BCUT2D eigenvalue weighted by Gasteiger charge is -2.23. The fourth-order valence-corrected chi connectivity index (χ4v) is 3.72. The Hall–Kier alpha value is -1.28. The van der Waals surface area contributed by atoms with Gasteiger partial charge in [0.1, 0.15) is 0 Å². The molecule has 23 heavy (non-hydrogen) atoms. The number of ether oxygens (including phenoxy) is 1. The van der Waals surface area contributed by atoms with E-state index in [1.807, 2.05) is 6.92 Å². The molecule has 0 aliphatic carbocycles. The number of nitrogens with one attached hydrogen (secondary N) is 1. The molecule has 2 fully saturated rings. The number of halogens is 3. The summed E-state index contributed by atoms with van der Waals surface area (Å²) in [7, 11) is 1.62. The minimum absolute atomic E-state index is 0.227. The third kappa shape index (κ3) is 3.63. The molecule has 5 nitrogen and oxygen atoms in total. The summed E-state index contributed by atoms with van der Waals surface area (Å²) in [4.78, 5) is 2.30. The van der Waals surface area contributed by atoms with E-state index in [2.05, 4.69) is 15.3 Å². The highest BCUT2D eigenvalue weighted by atomic mass is 19.4. The van der Waals surface area contributed by atoms with Crippen molar-refractivity contribution < 1.29 is 17.9 Å². The van der Waals surface area contributed by atoms with Gasteiger partial charge < -0.3 is 10.1 Å². The molecule has 0 bridgehead atoms. The molecular formula is C15H23F3N4O. The molecule has 1 atom stereocenters. The van der Waals surface area contributed by atoms with Crippen LogP contribution in [0.5, 0.6) is 5.88 Å². The molecule has 0 saturated carbocycles. The second kappa shape index (κ2) is 5.98. The zero-order chi connectivity index (χ0) is 16.7. The van der Waals surface area contributed by atoms with Gasteiger partial charge in [0.05, 0.1) is 11.3 Å². The number of rotatable bonds is 4. The molecule has 2 aliphatic heterocycles. The SMILES string of the molecule is Cc1nn(C)c(OCC(F)(F)F)c1CN1CCC2(CCNC2)C1. The Kier molecular flexibility index (Phi) is 4.31. The van der Waals surface area contributed by atoms with E-state index in [1.54, 1.807) is 7.05 Å². The lowest BCUT2D eigenvalue weighted by molar-refractivity contribution is -0.154. The van der Waals surface area contributed by atoms with Crippen molar-refractivity contribution in [1.29, 1.82) is 0 Å². The molecule has 1 aromatic rings. The first kappa shape index (κ1) is 16.6. The van der Waals surface area contributed by atoms with Crippen LogP contribution in [0.3, 0.4) is 0 Å². The van der Waals surface area contributed by atoms with Crippen molar-refractivity contribution >= 4 is 0 Å². The average Bonchev–Trinajstić information content (AvgIpc) is 3.12. The molecular weight excluding hydrogens is 309 g/mol. The number of nitrogens with zero attached hydrogens (tertiary/aromatic N) is 3. The van der Waals surface area contributed by atoms with Crippen LogP contribution in [0.2, 0.25) is 0 Å². The normalized spacial score (nSPS) is 25.6. The van der Waals surface area contributed by atoms with Gasteiger partial charge in [-0.15, -0.1) is 0 Å². The van der Waals surface area contributed by atoms with Gasteiger partial charge >= 0.3 is 6.18 Å². The minimum Gasteiger partial charge on any atom is -0.468 e. The lowest BCUT2D eigenvalue weighted by Crippen LogP contribution is -2.29. The quantitative estimate of drug-likeness (QED) is 0.914. The second-order valence-electron chi connectivity index (χ2n) is 6.78. The third-order valence-corrected chi connectivity index (χ3v) is 4.89. The van der Waals surface area contributed by atoms with Crippen molar-refractivity contribution in [2.24, 2.45) is 12.5 Å². The topological polar surface area (TPSA) is 42.3 Å². The first-order valence-corrected chi connectivity index (χ1v) is 7.93. The number of hydrogen-bond acceptors (Lipinski definition) is 4. The van der Waals surface area contributed by atoms with E-state index in [9.17, 15) is 13.2 Å². The van der Waals surface area contributed by atoms with Crippen LogP contribution >= 0.6 is 0 Å². The van der Waals surface area contributed by atoms with Crippen LogP contribution in [0.25, 0.3) is 0 Å². The molecule has 0 radical (unpaired) electrons. The summed E-state index contributed by atoms with van der Waals surface area (Å²) in [5.74, 6) is 0.227. The summed E-state index contributed by atoms with van der Waals surface area (Å²) < 4.78 is 43.8. The minimum atomic E-state index is -4.34. The van der Waals surface area contributed by atoms with E-state index >= 15 is 0 Å². The number of aromatic nitrogens is 2. The molecule has 0 aromatic carbocycles. The fraction of sp³-hybridized carbons (Fsp3) is 0.800. The Labute approximate surface area is 133 Å². The molecule has 2 saturated heterocycles. The van der Waals surface area contributed by atoms with E-state index in [0.717, 1.165) is 43.9 Å². The molecule has 8 heteroatoms. The van der Waals surface area contributed by atoms with E-state index < -0.39 is 12.8 Å². The molecule has 130 valence electrons. The number of hydrogen-bond donors (Lipinski definition) is 1. The van der Waals surface area contributed by atoms with Crippen molar-refractivity contribution in [1.82, 2.24) is 20.0 Å². The van der Waals surface area contributed by atoms with Crippen LogP contribution in [0, 0.1) is 12.3 Å². The molecule has 1 N–H and O–H groups in total. The average molecular weight is 332 g/mol. The number of alkyl halides is 3. The first-order chi connectivity index (χ1) is 10.8. The van der Waals surface area contributed by atoms with Gasteiger partial charge in [-0.2, -0.15) is 18.3 Å². The Bertz CT molecular complexity index is 564. The maximum absolute atomic E-state index is 12.4. The highest BCUT2D eigenvalue weighted by Gasteiger charge is 2.40. The first-order valence-electron chi connectivity index (χ1n) is 7.93. The largest absolute Gasteiger partial charge is 0.468 e. The summed E-state index contributed by atoms with van der Waals surface area (Å²) in [6, 6.07) is 0. The van der Waals surface area contributed by atoms with E-state index in [1.165, 1.54) is 11.1 Å². The van der Waals surface area contributed by atoms with Crippen LogP contribution in [0.15, 0.2) is 0 Å². The zero-order valence-electron chi connectivity index (χ0n) is 13.5. The van der Waals surface area contributed by atoms with Crippen LogP contribution < -0.4 is 10.1 Å². The summed E-state index contributed by atoms with van der Waals surface area (Å²) in [5.41, 5.74) is 1.83.